The van der Waals surface area contributed by atoms with Gasteiger partial charge < -0.3 is 10.3 Å². The number of para-hydroxylation sites is 1. The van der Waals surface area contributed by atoms with Crippen LogP contribution in [0.3, 0.4) is 0 Å². The minimum absolute atomic E-state index is 0.687. The Morgan fingerprint density at radius 3 is 2.81 bits per heavy atom. The van der Waals surface area contributed by atoms with E-state index in [0.29, 0.717) is 5.65 Å². The molecule has 0 unspecified atom stereocenters. The van der Waals surface area contributed by atoms with E-state index in [-0.39, 0.29) is 0 Å². The van der Waals surface area contributed by atoms with E-state index >= 15 is 0 Å². The third-order valence-electron chi connectivity index (χ3n) is 3.58. The number of nitrogens with one attached hydrogen (secondary N) is 2. The molecule has 4 rings (SSSR count). The highest BCUT2D eigenvalue weighted by Gasteiger charge is 2.14. The van der Waals surface area contributed by atoms with Crippen LogP contribution in [0.2, 0.25) is 0 Å². The fraction of sp³-hybridized carbons (Fsp3) is 0.133. The SMILES string of the molecule is CNc1ccc2[nH]c(-c3nn(C)c4ccccc34)nc2n1. The topological polar surface area (TPSA) is 71.4 Å². The number of aromatic amines is 1. The molecule has 2 N–H and O–H groups in total. The molecule has 21 heavy (non-hydrogen) atoms. The zero-order valence-corrected chi connectivity index (χ0v) is 11.8. The van der Waals surface area contributed by atoms with Crippen molar-refractivity contribution in [2.45, 2.75) is 0 Å². The fourth-order valence-corrected chi connectivity index (χ4v) is 2.53. The molecule has 3 heterocycles. The third kappa shape index (κ3) is 1.76. The number of pyridine rings is 1. The maximum absolute atomic E-state index is 4.58. The molecule has 0 saturated carbocycles. The first-order valence-electron chi connectivity index (χ1n) is 6.73. The van der Waals surface area contributed by atoms with Gasteiger partial charge in [-0.1, -0.05) is 18.2 Å². The van der Waals surface area contributed by atoms with Gasteiger partial charge in [0.1, 0.15) is 11.5 Å². The number of hydrogen-bond donors (Lipinski definition) is 2. The summed E-state index contributed by atoms with van der Waals surface area (Å²) in [6.45, 7) is 0. The molecular formula is C15H14N6. The largest absolute Gasteiger partial charge is 0.373 e. The number of benzene rings is 1. The van der Waals surface area contributed by atoms with Crippen molar-refractivity contribution in [3.63, 3.8) is 0 Å². The molecule has 0 atom stereocenters. The molecule has 0 radical (unpaired) electrons. The molecule has 0 aliphatic carbocycles. The molecule has 0 amide bonds. The Bertz CT molecular complexity index is 949. The number of anilines is 1. The van der Waals surface area contributed by atoms with Crippen LogP contribution in [0.25, 0.3) is 33.6 Å². The monoisotopic (exact) mass is 278 g/mol. The molecule has 0 fully saturated rings. The summed E-state index contributed by atoms with van der Waals surface area (Å²) in [5.74, 6) is 1.54. The number of imidazole rings is 1. The molecule has 4 aromatic rings. The number of H-pyrrole nitrogens is 1. The van der Waals surface area contributed by atoms with Crippen molar-refractivity contribution in [3.8, 4) is 11.5 Å². The van der Waals surface area contributed by atoms with Crippen LogP contribution in [0.4, 0.5) is 5.82 Å². The summed E-state index contributed by atoms with van der Waals surface area (Å²) in [5.41, 5.74) is 3.51. The number of nitrogens with zero attached hydrogens (tertiary/aromatic N) is 4. The third-order valence-corrected chi connectivity index (χ3v) is 3.58. The molecule has 0 aliphatic rings. The molecule has 0 aliphatic heterocycles. The van der Waals surface area contributed by atoms with Crippen LogP contribution >= 0.6 is 0 Å². The van der Waals surface area contributed by atoms with Gasteiger partial charge in [-0.2, -0.15) is 5.10 Å². The number of fused-ring (bicyclic) bond motifs is 2. The average Bonchev–Trinajstić information content (AvgIpc) is 3.08. The summed E-state index contributed by atoms with van der Waals surface area (Å²) in [7, 11) is 3.78. The highest BCUT2D eigenvalue weighted by Crippen LogP contribution is 2.27. The van der Waals surface area contributed by atoms with Crippen molar-refractivity contribution in [1.29, 1.82) is 0 Å². The number of aryl methyl sites for hydroxylation is 1. The van der Waals surface area contributed by atoms with Crippen LogP contribution in [0, 0.1) is 0 Å². The predicted molar refractivity (Wildman–Crippen MR) is 83.1 cm³/mol. The molecule has 0 bridgehead atoms. The Kier molecular flexibility index (Phi) is 2.44. The molecule has 3 aromatic heterocycles. The molecule has 104 valence electrons. The number of aromatic nitrogens is 5. The van der Waals surface area contributed by atoms with Crippen LogP contribution in [-0.4, -0.2) is 31.8 Å². The fourth-order valence-electron chi connectivity index (χ4n) is 2.53. The van der Waals surface area contributed by atoms with Crippen molar-refractivity contribution in [3.05, 3.63) is 36.4 Å². The van der Waals surface area contributed by atoms with Crippen molar-refractivity contribution in [1.82, 2.24) is 24.7 Å². The summed E-state index contributed by atoms with van der Waals surface area (Å²) in [6, 6.07) is 12.0. The zero-order chi connectivity index (χ0) is 14.4. The van der Waals surface area contributed by atoms with Gasteiger partial charge >= 0.3 is 0 Å². The molecule has 0 saturated heterocycles. The predicted octanol–water partition coefficient (Wildman–Crippen LogP) is 2.55. The van der Waals surface area contributed by atoms with E-state index in [1.54, 1.807) is 0 Å². The summed E-state index contributed by atoms with van der Waals surface area (Å²) in [6.07, 6.45) is 0. The lowest BCUT2D eigenvalue weighted by molar-refractivity contribution is 0.798. The van der Waals surface area contributed by atoms with E-state index in [9.17, 15) is 0 Å². The van der Waals surface area contributed by atoms with Gasteiger partial charge in [0.2, 0.25) is 0 Å². The van der Waals surface area contributed by atoms with Gasteiger partial charge in [-0.05, 0) is 18.2 Å². The Hall–Kier alpha value is -2.89. The van der Waals surface area contributed by atoms with Crippen LogP contribution in [0.15, 0.2) is 36.4 Å². The highest BCUT2D eigenvalue weighted by atomic mass is 15.3. The molecule has 0 spiro atoms. The van der Waals surface area contributed by atoms with Gasteiger partial charge in [0, 0.05) is 19.5 Å². The van der Waals surface area contributed by atoms with E-state index in [1.165, 1.54) is 0 Å². The molecule has 6 heteroatoms. The summed E-state index contributed by atoms with van der Waals surface area (Å²) >= 11 is 0. The normalized spacial score (nSPS) is 11.3. The van der Waals surface area contributed by atoms with Crippen molar-refractivity contribution >= 4 is 27.9 Å². The van der Waals surface area contributed by atoms with Crippen LogP contribution in [0.1, 0.15) is 0 Å². The summed E-state index contributed by atoms with van der Waals surface area (Å²) in [5, 5.41) is 8.67. The van der Waals surface area contributed by atoms with Gasteiger partial charge in [-0.15, -0.1) is 0 Å². The highest BCUT2D eigenvalue weighted by molar-refractivity contribution is 5.93. The van der Waals surface area contributed by atoms with E-state index in [1.807, 2.05) is 49.1 Å². The van der Waals surface area contributed by atoms with Gasteiger partial charge in [0.05, 0.1) is 11.0 Å². The van der Waals surface area contributed by atoms with Gasteiger partial charge in [0.15, 0.2) is 11.5 Å². The first-order chi connectivity index (χ1) is 10.3. The Morgan fingerprint density at radius 1 is 1.10 bits per heavy atom. The Balaban J connectivity index is 1.96. The smallest absolute Gasteiger partial charge is 0.180 e. The number of rotatable bonds is 2. The standard InChI is InChI=1S/C15H14N6/c1-16-12-8-7-10-14(18-12)19-15(17-10)13-9-5-3-4-6-11(9)21(2)20-13/h3-8H,1-2H3,(H2,16,17,18,19). The summed E-state index contributed by atoms with van der Waals surface area (Å²) in [4.78, 5) is 12.3. The Morgan fingerprint density at radius 2 is 1.95 bits per heavy atom. The molecule has 1 aromatic carbocycles. The number of hydrogen-bond acceptors (Lipinski definition) is 4. The van der Waals surface area contributed by atoms with Gasteiger partial charge in [-0.3, -0.25) is 4.68 Å². The minimum atomic E-state index is 0.687. The Labute approximate surface area is 120 Å². The zero-order valence-electron chi connectivity index (χ0n) is 11.8. The first-order valence-corrected chi connectivity index (χ1v) is 6.73. The van der Waals surface area contributed by atoms with Crippen molar-refractivity contribution < 1.29 is 0 Å². The van der Waals surface area contributed by atoms with Crippen molar-refractivity contribution in [2.75, 3.05) is 12.4 Å². The van der Waals surface area contributed by atoms with E-state index in [4.69, 9.17) is 0 Å². The lowest BCUT2D eigenvalue weighted by atomic mass is 10.2. The van der Waals surface area contributed by atoms with E-state index < -0.39 is 0 Å². The maximum atomic E-state index is 4.58. The maximum Gasteiger partial charge on any atom is 0.180 e. The van der Waals surface area contributed by atoms with Crippen LogP contribution in [0.5, 0.6) is 0 Å². The van der Waals surface area contributed by atoms with Gasteiger partial charge in [-0.25, -0.2) is 9.97 Å². The lowest BCUT2D eigenvalue weighted by Crippen LogP contribution is -1.91. The quantitative estimate of drug-likeness (QED) is 0.591. The first kappa shape index (κ1) is 11.9. The minimum Gasteiger partial charge on any atom is -0.373 e. The summed E-state index contributed by atoms with van der Waals surface area (Å²) < 4.78 is 1.87. The second-order valence-electron chi connectivity index (χ2n) is 4.89. The second kappa shape index (κ2) is 4.31. The average molecular weight is 278 g/mol. The lowest BCUT2D eigenvalue weighted by Gasteiger charge is -1.95. The van der Waals surface area contributed by atoms with Crippen molar-refractivity contribution in [2.24, 2.45) is 7.05 Å². The van der Waals surface area contributed by atoms with Crippen LogP contribution < -0.4 is 5.32 Å². The van der Waals surface area contributed by atoms with Crippen LogP contribution in [-0.2, 0) is 7.05 Å². The van der Waals surface area contributed by atoms with Gasteiger partial charge in [0.25, 0.3) is 0 Å². The molecular weight excluding hydrogens is 264 g/mol. The second-order valence-corrected chi connectivity index (χ2v) is 4.89. The molecule has 6 nitrogen and oxygen atoms in total. The van der Waals surface area contributed by atoms with E-state index in [2.05, 4.69) is 31.4 Å². The van der Waals surface area contributed by atoms with E-state index in [0.717, 1.165) is 33.8 Å².